The maximum atomic E-state index is 13.2. The van der Waals surface area contributed by atoms with Crippen molar-refractivity contribution in [1.82, 2.24) is 9.80 Å². The number of benzene rings is 1. The SMILES string of the molecule is COCCN(CCOC)C(=O)CN1C(=O)c2ccccc2N2C(=O)CCC12C. The maximum Gasteiger partial charge on any atom is 0.258 e. The van der Waals surface area contributed by atoms with Crippen molar-refractivity contribution < 1.29 is 23.9 Å². The van der Waals surface area contributed by atoms with Crippen LogP contribution in [0.4, 0.5) is 5.69 Å². The lowest BCUT2D eigenvalue weighted by atomic mass is 9.98. The van der Waals surface area contributed by atoms with Gasteiger partial charge in [-0.3, -0.25) is 19.3 Å². The molecule has 0 bridgehead atoms. The number of nitrogens with zero attached hydrogens (tertiary/aromatic N) is 3. The third-order valence-electron chi connectivity index (χ3n) is 5.52. The summed E-state index contributed by atoms with van der Waals surface area (Å²) in [6.07, 6.45) is 0.842. The lowest BCUT2D eigenvalue weighted by Gasteiger charge is -2.48. The first-order valence-electron chi connectivity index (χ1n) is 9.43. The minimum Gasteiger partial charge on any atom is -0.383 e. The Bertz CT molecular complexity index is 760. The Morgan fingerprint density at radius 1 is 1.14 bits per heavy atom. The number of para-hydroxylation sites is 1. The number of fused-ring (bicyclic) bond motifs is 3. The Labute approximate surface area is 165 Å². The van der Waals surface area contributed by atoms with Crippen LogP contribution in [0.3, 0.4) is 0 Å². The van der Waals surface area contributed by atoms with Crippen LogP contribution in [0.25, 0.3) is 0 Å². The van der Waals surface area contributed by atoms with Crippen LogP contribution in [-0.4, -0.2) is 80.3 Å². The zero-order chi connectivity index (χ0) is 20.3. The minimum absolute atomic E-state index is 0.0319. The second-order valence-corrected chi connectivity index (χ2v) is 7.22. The summed E-state index contributed by atoms with van der Waals surface area (Å²) >= 11 is 0. The number of amides is 3. The van der Waals surface area contributed by atoms with E-state index in [0.717, 1.165) is 0 Å². The maximum absolute atomic E-state index is 13.2. The molecule has 8 nitrogen and oxygen atoms in total. The van der Waals surface area contributed by atoms with Gasteiger partial charge in [0.15, 0.2) is 0 Å². The molecule has 1 fully saturated rings. The summed E-state index contributed by atoms with van der Waals surface area (Å²) < 4.78 is 10.2. The number of hydrogen-bond acceptors (Lipinski definition) is 5. The zero-order valence-corrected chi connectivity index (χ0v) is 16.6. The molecule has 8 heteroatoms. The van der Waals surface area contributed by atoms with Crippen molar-refractivity contribution in [2.24, 2.45) is 0 Å². The molecule has 1 unspecified atom stereocenters. The minimum atomic E-state index is -0.841. The Morgan fingerprint density at radius 2 is 1.79 bits per heavy atom. The largest absolute Gasteiger partial charge is 0.383 e. The Kier molecular flexibility index (Phi) is 6.00. The smallest absolute Gasteiger partial charge is 0.258 e. The summed E-state index contributed by atoms with van der Waals surface area (Å²) in [5, 5.41) is 0. The van der Waals surface area contributed by atoms with Crippen molar-refractivity contribution in [2.75, 3.05) is 52.0 Å². The van der Waals surface area contributed by atoms with E-state index < -0.39 is 5.66 Å². The zero-order valence-electron chi connectivity index (χ0n) is 16.6. The van der Waals surface area contributed by atoms with Crippen LogP contribution < -0.4 is 4.90 Å². The predicted octanol–water partition coefficient (Wildman–Crippen LogP) is 1.11. The molecule has 1 aromatic carbocycles. The standard InChI is InChI=1S/C20H27N3O5/c1-20-9-8-17(24)23(20)16-7-5-4-6-15(16)19(26)22(20)14-18(25)21(10-12-27-2)11-13-28-3/h4-7H,8-14H2,1-3H3. The molecule has 0 spiro atoms. The summed E-state index contributed by atoms with van der Waals surface area (Å²) in [4.78, 5) is 43.7. The molecular formula is C20H27N3O5. The van der Waals surface area contributed by atoms with Gasteiger partial charge in [0.25, 0.3) is 5.91 Å². The van der Waals surface area contributed by atoms with Crippen LogP contribution in [0.2, 0.25) is 0 Å². The molecule has 2 heterocycles. The molecule has 0 N–H and O–H groups in total. The quantitative estimate of drug-likeness (QED) is 0.665. The number of methoxy groups -OCH3 is 2. The monoisotopic (exact) mass is 389 g/mol. The van der Waals surface area contributed by atoms with Crippen molar-refractivity contribution in [1.29, 1.82) is 0 Å². The number of rotatable bonds is 8. The summed E-state index contributed by atoms with van der Waals surface area (Å²) in [6.45, 7) is 3.38. The van der Waals surface area contributed by atoms with E-state index in [4.69, 9.17) is 9.47 Å². The van der Waals surface area contributed by atoms with Crippen LogP contribution in [0.15, 0.2) is 24.3 Å². The van der Waals surface area contributed by atoms with Gasteiger partial charge < -0.3 is 19.3 Å². The molecule has 0 aromatic heterocycles. The topological polar surface area (TPSA) is 79.4 Å². The van der Waals surface area contributed by atoms with Gasteiger partial charge in [0.1, 0.15) is 12.2 Å². The highest BCUT2D eigenvalue weighted by molar-refractivity contribution is 6.11. The van der Waals surface area contributed by atoms with E-state index in [9.17, 15) is 14.4 Å². The average molecular weight is 389 g/mol. The van der Waals surface area contributed by atoms with Gasteiger partial charge in [0, 0.05) is 33.7 Å². The molecule has 152 valence electrons. The molecule has 0 aliphatic carbocycles. The van der Waals surface area contributed by atoms with Crippen molar-refractivity contribution in [3.8, 4) is 0 Å². The van der Waals surface area contributed by atoms with E-state index in [2.05, 4.69) is 0 Å². The van der Waals surface area contributed by atoms with Crippen LogP contribution >= 0.6 is 0 Å². The molecule has 28 heavy (non-hydrogen) atoms. The molecule has 2 aliphatic heterocycles. The van der Waals surface area contributed by atoms with Gasteiger partial charge in [-0.05, 0) is 25.5 Å². The number of hydrogen-bond donors (Lipinski definition) is 0. The van der Waals surface area contributed by atoms with E-state index in [1.807, 2.05) is 13.0 Å². The number of anilines is 1. The van der Waals surface area contributed by atoms with Gasteiger partial charge in [-0.15, -0.1) is 0 Å². The number of carbonyl (C=O) groups excluding carboxylic acids is 3. The van der Waals surface area contributed by atoms with Crippen LogP contribution in [0, 0.1) is 0 Å². The first-order valence-corrected chi connectivity index (χ1v) is 9.43. The Balaban J connectivity index is 1.89. The second kappa shape index (κ2) is 8.28. The van der Waals surface area contributed by atoms with E-state index in [1.165, 1.54) is 4.90 Å². The fraction of sp³-hybridized carbons (Fsp3) is 0.550. The summed E-state index contributed by atoms with van der Waals surface area (Å²) in [5.41, 5.74) is 0.229. The highest BCUT2D eigenvalue weighted by Gasteiger charge is 2.53. The predicted molar refractivity (Wildman–Crippen MR) is 103 cm³/mol. The molecule has 1 aromatic rings. The van der Waals surface area contributed by atoms with E-state index in [0.29, 0.717) is 50.4 Å². The summed E-state index contributed by atoms with van der Waals surface area (Å²) in [7, 11) is 3.15. The van der Waals surface area contributed by atoms with Crippen LogP contribution in [-0.2, 0) is 19.1 Å². The van der Waals surface area contributed by atoms with Gasteiger partial charge in [0.05, 0.1) is 24.5 Å². The lowest BCUT2D eigenvalue weighted by Crippen LogP contribution is -2.64. The fourth-order valence-corrected chi connectivity index (χ4v) is 3.94. The third kappa shape index (κ3) is 3.49. The van der Waals surface area contributed by atoms with Crippen LogP contribution in [0.5, 0.6) is 0 Å². The highest BCUT2D eigenvalue weighted by Crippen LogP contribution is 2.43. The van der Waals surface area contributed by atoms with E-state index in [-0.39, 0.29) is 24.3 Å². The van der Waals surface area contributed by atoms with Gasteiger partial charge in [-0.1, -0.05) is 12.1 Å². The first kappa shape index (κ1) is 20.3. The van der Waals surface area contributed by atoms with Crippen molar-refractivity contribution >= 4 is 23.4 Å². The molecule has 3 rings (SSSR count). The van der Waals surface area contributed by atoms with E-state index >= 15 is 0 Å². The second-order valence-electron chi connectivity index (χ2n) is 7.22. The Hall–Kier alpha value is -2.45. The third-order valence-corrected chi connectivity index (χ3v) is 5.52. The fourth-order valence-electron chi connectivity index (χ4n) is 3.94. The lowest BCUT2D eigenvalue weighted by molar-refractivity contribution is -0.134. The van der Waals surface area contributed by atoms with Gasteiger partial charge in [-0.2, -0.15) is 0 Å². The van der Waals surface area contributed by atoms with Crippen molar-refractivity contribution in [2.45, 2.75) is 25.4 Å². The van der Waals surface area contributed by atoms with Crippen molar-refractivity contribution in [3.05, 3.63) is 29.8 Å². The molecule has 0 saturated carbocycles. The molecule has 1 saturated heterocycles. The molecular weight excluding hydrogens is 362 g/mol. The number of carbonyl (C=O) groups is 3. The van der Waals surface area contributed by atoms with Gasteiger partial charge >= 0.3 is 0 Å². The highest BCUT2D eigenvalue weighted by atomic mass is 16.5. The molecule has 2 aliphatic rings. The summed E-state index contributed by atoms with van der Waals surface area (Å²) in [5.74, 6) is -0.450. The Morgan fingerprint density at radius 3 is 2.43 bits per heavy atom. The first-order chi connectivity index (χ1) is 13.4. The van der Waals surface area contributed by atoms with Crippen molar-refractivity contribution in [3.63, 3.8) is 0 Å². The normalized spacial score (nSPS) is 21.0. The molecule has 3 amide bonds. The molecule has 0 radical (unpaired) electrons. The van der Waals surface area contributed by atoms with Gasteiger partial charge in [-0.25, -0.2) is 0 Å². The average Bonchev–Trinajstić information content (AvgIpc) is 3.00. The summed E-state index contributed by atoms with van der Waals surface area (Å²) in [6, 6.07) is 7.07. The molecule has 1 atom stereocenters. The van der Waals surface area contributed by atoms with E-state index in [1.54, 1.807) is 42.2 Å². The van der Waals surface area contributed by atoms with Crippen LogP contribution in [0.1, 0.15) is 30.1 Å². The van der Waals surface area contributed by atoms with Gasteiger partial charge in [0.2, 0.25) is 11.8 Å². The number of ether oxygens (including phenoxy) is 2.